The third-order valence-electron chi connectivity index (χ3n) is 5.90. The van der Waals surface area contributed by atoms with E-state index in [1.54, 1.807) is 24.3 Å². The number of guanidine groups is 1. The van der Waals surface area contributed by atoms with Crippen LogP contribution in [0.1, 0.15) is 12.0 Å². The number of benzene rings is 1. The fourth-order valence-electron chi connectivity index (χ4n) is 4.37. The van der Waals surface area contributed by atoms with E-state index in [2.05, 4.69) is 9.98 Å². The van der Waals surface area contributed by atoms with Gasteiger partial charge >= 0.3 is 0 Å². The highest BCUT2D eigenvalue weighted by atomic mass is 19.1. The molecule has 4 heterocycles. The van der Waals surface area contributed by atoms with Gasteiger partial charge in [0, 0.05) is 30.8 Å². The van der Waals surface area contributed by atoms with E-state index in [4.69, 9.17) is 15.2 Å². The van der Waals surface area contributed by atoms with Gasteiger partial charge in [0.2, 0.25) is 17.2 Å². The van der Waals surface area contributed by atoms with Crippen molar-refractivity contribution in [1.29, 1.82) is 0 Å². The van der Waals surface area contributed by atoms with Crippen LogP contribution in [0.3, 0.4) is 0 Å². The molecule has 1 aromatic carbocycles. The topological polar surface area (TPSA) is 90.0 Å². The summed E-state index contributed by atoms with van der Waals surface area (Å²) < 4.78 is 42.1. The predicted molar refractivity (Wildman–Crippen MR) is 99.4 cm³/mol. The number of aliphatic imine (C=N–C) groups is 1. The molecule has 9 heteroatoms. The first-order valence-electron chi connectivity index (χ1n) is 9.21. The molecule has 1 saturated heterocycles. The smallest absolute Gasteiger partial charge is 0.265 e. The summed E-state index contributed by atoms with van der Waals surface area (Å²) in [6.07, 6.45) is 0.683. The largest absolute Gasteiger partial charge is 0.486 e. The van der Waals surface area contributed by atoms with E-state index in [9.17, 15) is 9.18 Å². The van der Waals surface area contributed by atoms with E-state index in [0.717, 1.165) is 4.90 Å². The van der Waals surface area contributed by atoms with Crippen LogP contribution in [0.5, 0.6) is 5.75 Å². The maximum absolute atomic E-state index is 16.5. The number of ether oxygens (including phenoxy) is 2. The monoisotopic (exact) mass is 400 g/mol. The minimum absolute atomic E-state index is 0.0952. The zero-order valence-electron chi connectivity index (χ0n) is 15.6. The maximum atomic E-state index is 16.5. The Morgan fingerprint density at radius 2 is 2.17 bits per heavy atom. The summed E-state index contributed by atoms with van der Waals surface area (Å²) in [5.74, 6) is -1.06. The molecule has 2 aromatic rings. The van der Waals surface area contributed by atoms with E-state index in [0.29, 0.717) is 17.9 Å². The second kappa shape index (κ2) is 5.96. The fourth-order valence-corrected chi connectivity index (χ4v) is 4.37. The first-order valence-corrected chi connectivity index (χ1v) is 9.21. The molecule has 3 aliphatic heterocycles. The van der Waals surface area contributed by atoms with Crippen molar-refractivity contribution >= 4 is 11.9 Å². The van der Waals surface area contributed by atoms with Crippen molar-refractivity contribution in [2.75, 3.05) is 20.3 Å². The number of rotatable bonds is 1. The number of alkyl halides is 1. The van der Waals surface area contributed by atoms with Crippen molar-refractivity contribution in [2.24, 2.45) is 10.7 Å². The SMILES string of the molecule is CN1C(=O)[C@]2(N=C1N)c1cc(-c3cccnc3F)ccc1OC1CCOCC12F. The minimum atomic E-state index is -2.25. The van der Waals surface area contributed by atoms with Crippen molar-refractivity contribution in [2.45, 2.75) is 23.7 Å². The number of hydrogen-bond donors (Lipinski definition) is 1. The molecule has 150 valence electrons. The Hall–Kier alpha value is -3.07. The summed E-state index contributed by atoms with van der Waals surface area (Å²) in [5.41, 5.74) is 2.55. The number of fused-ring (bicyclic) bond motifs is 4. The Labute approximate surface area is 165 Å². The molecule has 2 N–H and O–H groups in total. The summed E-state index contributed by atoms with van der Waals surface area (Å²) in [4.78, 5) is 22.4. The molecule has 7 nitrogen and oxygen atoms in total. The van der Waals surface area contributed by atoms with Gasteiger partial charge in [0.1, 0.15) is 11.9 Å². The molecule has 1 fully saturated rings. The van der Waals surface area contributed by atoms with Gasteiger partial charge in [0.25, 0.3) is 5.91 Å². The lowest BCUT2D eigenvalue weighted by atomic mass is 9.69. The highest BCUT2D eigenvalue weighted by molar-refractivity contribution is 6.08. The molecular formula is C20H18F2N4O3. The molecule has 1 amide bonds. The van der Waals surface area contributed by atoms with Crippen LogP contribution in [0.2, 0.25) is 0 Å². The van der Waals surface area contributed by atoms with E-state index < -0.39 is 29.2 Å². The number of carbonyl (C=O) groups excluding carboxylic acids is 1. The lowest BCUT2D eigenvalue weighted by Gasteiger charge is -2.49. The molecule has 3 atom stereocenters. The number of amides is 1. The van der Waals surface area contributed by atoms with Crippen LogP contribution in [-0.4, -0.2) is 53.8 Å². The van der Waals surface area contributed by atoms with E-state index in [1.165, 1.54) is 19.3 Å². The van der Waals surface area contributed by atoms with Gasteiger partial charge in [-0.2, -0.15) is 4.39 Å². The van der Waals surface area contributed by atoms with E-state index >= 15 is 4.39 Å². The third-order valence-corrected chi connectivity index (χ3v) is 5.90. The van der Waals surface area contributed by atoms with Gasteiger partial charge in [-0.05, 0) is 29.8 Å². The highest BCUT2D eigenvalue weighted by Gasteiger charge is 2.71. The molecule has 0 saturated carbocycles. The average molecular weight is 400 g/mol. The second-order valence-electron chi connectivity index (χ2n) is 7.41. The van der Waals surface area contributed by atoms with Crippen LogP contribution >= 0.6 is 0 Å². The molecule has 5 rings (SSSR count). The van der Waals surface area contributed by atoms with Crippen LogP contribution in [0.15, 0.2) is 41.5 Å². The number of carbonyl (C=O) groups is 1. The van der Waals surface area contributed by atoms with Crippen molar-refractivity contribution < 1.29 is 23.0 Å². The molecule has 0 aliphatic carbocycles. The van der Waals surface area contributed by atoms with E-state index in [-0.39, 0.29) is 30.1 Å². The molecular weight excluding hydrogens is 382 g/mol. The van der Waals surface area contributed by atoms with Crippen LogP contribution in [0, 0.1) is 5.95 Å². The Morgan fingerprint density at radius 1 is 1.34 bits per heavy atom. The zero-order valence-corrected chi connectivity index (χ0v) is 15.6. The Kier molecular flexibility index (Phi) is 3.70. The van der Waals surface area contributed by atoms with Gasteiger partial charge in [-0.15, -0.1) is 0 Å². The number of nitrogens with two attached hydrogens (primary N) is 1. The van der Waals surface area contributed by atoms with Gasteiger partial charge in [0.15, 0.2) is 5.96 Å². The van der Waals surface area contributed by atoms with Crippen molar-refractivity contribution in [3.05, 3.63) is 48.0 Å². The number of aromatic nitrogens is 1. The first kappa shape index (κ1) is 18.0. The predicted octanol–water partition coefficient (Wildman–Crippen LogP) is 1.76. The normalized spacial score (nSPS) is 30.6. The summed E-state index contributed by atoms with van der Waals surface area (Å²) >= 11 is 0. The van der Waals surface area contributed by atoms with Crippen LogP contribution in [0.25, 0.3) is 11.1 Å². The van der Waals surface area contributed by atoms with Gasteiger partial charge in [-0.25, -0.2) is 14.4 Å². The summed E-state index contributed by atoms with van der Waals surface area (Å²) in [7, 11) is 1.44. The van der Waals surface area contributed by atoms with Crippen LogP contribution < -0.4 is 10.5 Å². The number of hydrogen-bond acceptors (Lipinski definition) is 6. The fraction of sp³-hybridized carbons (Fsp3) is 0.350. The lowest BCUT2D eigenvalue weighted by Crippen LogP contribution is -2.67. The van der Waals surface area contributed by atoms with Crippen molar-refractivity contribution in [1.82, 2.24) is 9.88 Å². The molecule has 1 spiro atoms. The second-order valence-corrected chi connectivity index (χ2v) is 7.41. The molecule has 0 radical (unpaired) electrons. The van der Waals surface area contributed by atoms with E-state index in [1.807, 2.05) is 0 Å². The molecule has 29 heavy (non-hydrogen) atoms. The Morgan fingerprint density at radius 3 is 2.90 bits per heavy atom. The average Bonchev–Trinajstić information content (AvgIpc) is 2.95. The number of likely N-dealkylation sites (N-methyl/N-ethyl adjacent to an activating group) is 1. The number of nitrogens with zero attached hydrogens (tertiary/aromatic N) is 3. The number of pyridine rings is 1. The van der Waals surface area contributed by atoms with Gasteiger partial charge < -0.3 is 15.2 Å². The van der Waals surface area contributed by atoms with Crippen LogP contribution in [0.4, 0.5) is 8.78 Å². The molecule has 2 unspecified atom stereocenters. The molecule has 3 aliphatic rings. The first-order chi connectivity index (χ1) is 13.9. The Bertz CT molecular complexity index is 1060. The van der Waals surface area contributed by atoms with Crippen molar-refractivity contribution in [3.63, 3.8) is 0 Å². The van der Waals surface area contributed by atoms with Gasteiger partial charge in [-0.3, -0.25) is 9.69 Å². The standard InChI is InChI=1S/C20H18F2N4O3/c1-26-17(27)20(25-18(26)23)13-9-11(12-3-2-7-24-16(12)21)4-5-14(13)29-15-6-8-28-10-19(15,20)22/h2-5,7,9,15H,6,8,10H2,1H3,(H2,23,25)/t15?,19?,20-/m1/s1. The van der Waals surface area contributed by atoms with Crippen molar-refractivity contribution in [3.8, 4) is 16.9 Å². The molecule has 1 aromatic heterocycles. The Balaban J connectivity index is 1.78. The maximum Gasteiger partial charge on any atom is 0.265 e. The van der Waals surface area contributed by atoms with Gasteiger partial charge in [0.05, 0.1) is 13.2 Å². The van der Waals surface area contributed by atoms with Gasteiger partial charge in [-0.1, -0.05) is 6.07 Å². The van der Waals surface area contributed by atoms with Crippen LogP contribution in [-0.2, 0) is 15.1 Å². The molecule has 0 bridgehead atoms. The summed E-state index contributed by atoms with van der Waals surface area (Å²) in [5, 5.41) is 0. The minimum Gasteiger partial charge on any atom is -0.486 e. The highest BCUT2D eigenvalue weighted by Crippen LogP contribution is 2.55. The lowest BCUT2D eigenvalue weighted by molar-refractivity contribution is -0.170. The summed E-state index contributed by atoms with van der Waals surface area (Å²) in [6.45, 7) is -0.0527. The quantitative estimate of drug-likeness (QED) is 0.737. The number of halogens is 2. The third kappa shape index (κ3) is 2.21. The zero-order chi connectivity index (χ0) is 20.4. The summed E-state index contributed by atoms with van der Waals surface area (Å²) in [6, 6.07) is 7.92.